The van der Waals surface area contributed by atoms with E-state index >= 15 is 0 Å². The molecule has 0 atom stereocenters. The Morgan fingerprint density at radius 1 is 1.04 bits per heavy atom. The van der Waals surface area contributed by atoms with Crippen molar-refractivity contribution >= 4 is 11.6 Å². The number of aliphatic hydroxyl groups is 1. The second-order valence-corrected chi connectivity index (χ2v) is 7.32. The lowest BCUT2D eigenvalue weighted by atomic mass is 10.0. The predicted octanol–water partition coefficient (Wildman–Crippen LogP) is 4.33. The third-order valence-corrected chi connectivity index (χ3v) is 5.50. The van der Waals surface area contributed by atoms with Gasteiger partial charge >= 0.3 is 0 Å². The molecule has 0 saturated heterocycles. The van der Waals surface area contributed by atoms with Crippen LogP contribution in [0.1, 0.15) is 16.8 Å². The fraction of sp³-hybridized carbons (Fsp3) is 0.261. The van der Waals surface area contributed by atoms with Gasteiger partial charge in [-0.05, 0) is 11.1 Å². The standard InChI is InChI=1S/C23H23ClN2O2/c24-23-19(7-4-8-20(23)17-5-2-1-3-6-17)16-28-22-10-9-18-15-26(13-14-27)12-11-21(18)25-22/h1-10,27H,11-16H2. The lowest BCUT2D eigenvalue weighted by Gasteiger charge is -2.27. The van der Waals surface area contributed by atoms with Crippen LogP contribution in [-0.4, -0.2) is 34.7 Å². The first-order valence-corrected chi connectivity index (χ1v) is 9.90. The molecule has 0 amide bonds. The van der Waals surface area contributed by atoms with Gasteiger partial charge in [0.1, 0.15) is 6.61 Å². The van der Waals surface area contributed by atoms with Crippen molar-refractivity contribution in [3.63, 3.8) is 0 Å². The molecular formula is C23H23ClN2O2. The largest absolute Gasteiger partial charge is 0.473 e. The molecule has 0 unspecified atom stereocenters. The summed E-state index contributed by atoms with van der Waals surface area (Å²) in [5.41, 5.74) is 5.32. The summed E-state index contributed by atoms with van der Waals surface area (Å²) in [5.74, 6) is 0.621. The number of β-amino-alcohol motifs (C(OH)–C–C–N with tert-alkyl or cyclic N) is 1. The van der Waals surface area contributed by atoms with Crippen molar-refractivity contribution in [2.24, 2.45) is 0 Å². The highest BCUT2D eigenvalue weighted by Gasteiger charge is 2.17. The summed E-state index contributed by atoms with van der Waals surface area (Å²) in [7, 11) is 0. The summed E-state index contributed by atoms with van der Waals surface area (Å²) in [6.07, 6.45) is 0.872. The van der Waals surface area contributed by atoms with E-state index in [2.05, 4.69) is 28.1 Å². The number of rotatable bonds is 6. The number of aliphatic hydroxyl groups excluding tert-OH is 1. The van der Waals surface area contributed by atoms with Gasteiger partial charge in [-0.2, -0.15) is 0 Å². The molecular weight excluding hydrogens is 372 g/mol. The highest BCUT2D eigenvalue weighted by molar-refractivity contribution is 6.34. The number of fused-ring (bicyclic) bond motifs is 1. The topological polar surface area (TPSA) is 45.6 Å². The van der Waals surface area contributed by atoms with Gasteiger partial charge in [-0.25, -0.2) is 4.98 Å². The van der Waals surface area contributed by atoms with E-state index in [0.717, 1.165) is 41.9 Å². The molecule has 2 heterocycles. The first kappa shape index (κ1) is 18.9. The first-order chi connectivity index (χ1) is 13.7. The molecule has 0 aliphatic carbocycles. The summed E-state index contributed by atoms with van der Waals surface area (Å²) >= 11 is 6.64. The Bertz CT molecular complexity index is 947. The van der Waals surface area contributed by atoms with Crippen molar-refractivity contribution in [3.05, 3.63) is 82.5 Å². The van der Waals surface area contributed by atoms with Gasteiger partial charge < -0.3 is 9.84 Å². The third kappa shape index (κ3) is 4.20. The molecule has 1 aliphatic heterocycles. The Kier molecular flexibility index (Phi) is 5.91. The predicted molar refractivity (Wildman–Crippen MR) is 112 cm³/mol. The molecule has 0 fully saturated rings. The lowest BCUT2D eigenvalue weighted by molar-refractivity contribution is 0.183. The minimum absolute atomic E-state index is 0.187. The Morgan fingerprint density at radius 3 is 2.71 bits per heavy atom. The molecule has 1 aliphatic rings. The van der Waals surface area contributed by atoms with Crippen LogP contribution >= 0.6 is 11.6 Å². The quantitative estimate of drug-likeness (QED) is 0.675. The molecule has 4 rings (SSSR count). The van der Waals surface area contributed by atoms with Crippen molar-refractivity contribution in [2.75, 3.05) is 19.7 Å². The van der Waals surface area contributed by atoms with Crippen LogP contribution in [0.25, 0.3) is 11.1 Å². The van der Waals surface area contributed by atoms with E-state index in [9.17, 15) is 0 Å². The maximum Gasteiger partial charge on any atom is 0.213 e. The number of halogens is 1. The SMILES string of the molecule is OCCN1CCc2nc(OCc3cccc(-c4ccccc4)c3Cl)ccc2C1. The van der Waals surface area contributed by atoms with E-state index in [1.165, 1.54) is 5.56 Å². The molecule has 28 heavy (non-hydrogen) atoms. The molecule has 0 spiro atoms. The van der Waals surface area contributed by atoms with Crippen molar-refractivity contribution in [2.45, 2.75) is 19.6 Å². The van der Waals surface area contributed by atoms with Gasteiger partial charge in [0.25, 0.3) is 0 Å². The van der Waals surface area contributed by atoms with Crippen LogP contribution in [0, 0.1) is 0 Å². The van der Waals surface area contributed by atoms with Crippen molar-refractivity contribution in [1.82, 2.24) is 9.88 Å². The zero-order chi connectivity index (χ0) is 19.3. The average molecular weight is 395 g/mol. The fourth-order valence-electron chi connectivity index (χ4n) is 3.55. The lowest BCUT2D eigenvalue weighted by Crippen LogP contribution is -2.33. The minimum atomic E-state index is 0.187. The number of nitrogens with zero attached hydrogens (tertiary/aromatic N) is 2. The zero-order valence-electron chi connectivity index (χ0n) is 15.6. The number of hydrogen-bond donors (Lipinski definition) is 1. The monoisotopic (exact) mass is 394 g/mol. The molecule has 0 saturated carbocycles. The van der Waals surface area contributed by atoms with Crippen LogP contribution < -0.4 is 4.74 Å². The molecule has 3 aromatic rings. The van der Waals surface area contributed by atoms with E-state index in [1.54, 1.807) is 0 Å². The summed E-state index contributed by atoms with van der Waals surface area (Å²) in [6, 6.07) is 20.1. The zero-order valence-corrected chi connectivity index (χ0v) is 16.4. The van der Waals surface area contributed by atoms with E-state index < -0.39 is 0 Å². The molecule has 144 valence electrons. The Morgan fingerprint density at radius 2 is 1.89 bits per heavy atom. The number of pyridine rings is 1. The molecule has 1 N–H and O–H groups in total. The van der Waals surface area contributed by atoms with Gasteiger partial charge in [0, 0.05) is 43.2 Å². The van der Waals surface area contributed by atoms with Gasteiger partial charge in [-0.3, -0.25) is 4.90 Å². The second-order valence-electron chi connectivity index (χ2n) is 6.94. The fourth-order valence-corrected chi connectivity index (χ4v) is 3.84. The minimum Gasteiger partial charge on any atom is -0.473 e. The van der Waals surface area contributed by atoms with Crippen molar-refractivity contribution < 1.29 is 9.84 Å². The van der Waals surface area contributed by atoms with Gasteiger partial charge in [0.2, 0.25) is 5.88 Å². The van der Waals surface area contributed by atoms with E-state index in [0.29, 0.717) is 24.1 Å². The van der Waals surface area contributed by atoms with Gasteiger partial charge in [0.05, 0.1) is 17.3 Å². The second kappa shape index (κ2) is 8.74. The van der Waals surface area contributed by atoms with Gasteiger partial charge in [0.15, 0.2) is 0 Å². The number of hydrogen-bond acceptors (Lipinski definition) is 4. The Balaban J connectivity index is 1.47. The van der Waals surface area contributed by atoms with E-state index in [4.69, 9.17) is 21.4 Å². The van der Waals surface area contributed by atoms with Crippen molar-refractivity contribution in [3.8, 4) is 17.0 Å². The smallest absolute Gasteiger partial charge is 0.213 e. The van der Waals surface area contributed by atoms with Crippen LogP contribution in [0.5, 0.6) is 5.88 Å². The van der Waals surface area contributed by atoms with Crippen LogP contribution in [0.15, 0.2) is 60.7 Å². The van der Waals surface area contributed by atoms with Crippen LogP contribution in [0.3, 0.4) is 0 Å². The highest BCUT2D eigenvalue weighted by Crippen LogP contribution is 2.31. The molecule has 5 heteroatoms. The number of ether oxygens (including phenoxy) is 1. The Labute approximate surface area is 170 Å². The van der Waals surface area contributed by atoms with Crippen LogP contribution in [0.4, 0.5) is 0 Å². The summed E-state index contributed by atoms with van der Waals surface area (Å²) in [6.45, 7) is 3.01. The van der Waals surface area contributed by atoms with Crippen LogP contribution in [0.2, 0.25) is 5.02 Å². The number of benzene rings is 2. The normalized spacial score (nSPS) is 13.9. The third-order valence-electron chi connectivity index (χ3n) is 5.06. The van der Waals surface area contributed by atoms with E-state index in [-0.39, 0.29) is 6.61 Å². The number of aromatic nitrogens is 1. The molecule has 0 bridgehead atoms. The van der Waals surface area contributed by atoms with Gasteiger partial charge in [-0.15, -0.1) is 0 Å². The van der Waals surface area contributed by atoms with Crippen LogP contribution in [-0.2, 0) is 19.6 Å². The molecule has 0 radical (unpaired) electrons. The maximum atomic E-state index is 9.12. The summed E-state index contributed by atoms with van der Waals surface area (Å²) in [4.78, 5) is 6.91. The van der Waals surface area contributed by atoms with Gasteiger partial charge in [-0.1, -0.05) is 66.2 Å². The average Bonchev–Trinajstić information content (AvgIpc) is 2.74. The molecule has 1 aromatic heterocycles. The summed E-state index contributed by atoms with van der Waals surface area (Å²) < 4.78 is 5.96. The van der Waals surface area contributed by atoms with Crippen molar-refractivity contribution in [1.29, 1.82) is 0 Å². The molecule has 4 nitrogen and oxygen atoms in total. The first-order valence-electron chi connectivity index (χ1n) is 9.52. The maximum absolute atomic E-state index is 9.12. The Hall–Kier alpha value is -2.40. The highest BCUT2D eigenvalue weighted by atomic mass is 35.5. The van der Waals surface area contributed by atoms with E-state index in [1.807, 2.05) is 42.5 Å². The summed E-state index contributed by atoms with van der Waals surface area (Å²) in [5, 5.41) is 9.83. The molecule has 2 aromatic carbocycles.